The van der Waals surface area contributed by atoms with Crippen molar-refractivity contribution in [2.24, 2.45) is 0 Å². The second-order valence-electron chi connectivity index (χ2n) is 5.50. The third-order valence-electron chi connectivity index (χ3n) is 4.01. The van der Waals surface area contributed by atoms with Gasteiger partial charge in [-0.2, -0.15) is 0 Å². The first-order valence-corrected chi connectivity index (χ1v) is 7.21. The van der Waals surface area contributed by atoms with Gasteiger partial charge in [0.15, 0.2) is 5.76 Å². The maximum atomic E-state index is 5.63. The molecule has 4 rings (SSSR count). The molecule has 2 aromatic heterocycles. The van der Waals surface area contributed by atoms with E-state index < -0.39 is 0 Å². The topological polar surface area (TPSA) is 53.9 Å². The fourth-order valence-corrected chi connectivity index (χ4v) is 2.87. The van der Waals surface area contributed by atoms with Crippen molar-refractivity contribution in [2.75, 3.05) is 0 Å². The standard InChI is InChI=1S/C17H17N3O/c1-11-6-7-16(21-11)15-10-19-17(20-15)14-8-12-4-2-3-5-13(12)9-18-14/h2-7,10,14,18H,8-9H2,1H3,(H,19,20). The zero-order valence-electron chi connectivity index (χ0n) is 11.9. The third kappa shape index (κ3) is 2.28. The number of fused-ring (bicyclic) bond motifs is 1. The molecule has 1 unspecified atom stereocenters. The molecule has 0 saturated carbocycles. The molecule has 4 nitrogen and oxygen atoms in total. The van der Waals surface area contributed by atoms with Crippen molar-refractivity contribution in [3.8, 4) is 11.5 Å². The molecule has 1 atom stereocenters. The molecule has 1 aliphatic heterocycles. The highest BCUT2D eigenvalue weighted by atomic mass is 16.3. The molecule has 0 aliphatic carbocycles. The number of hydrogen-bond donors (Lipinski definition) is 2. The van der Waals surface area contributed by atoms with E-state index in [1.165, 1.54) is 11.1 Å². The molecule has 3 heterocycles. The number of aromatic amines is 1. The zero-order chi connectivity index (χ0) is 14.2. The second-order valence-corrected chi connectivity index (χ2v) is 5.50. The number of H-pyrrole nitrogens is 1. The maximum absolute atomic E-state index is 5.63. The van der Waals surface area contributed by atoms with Crippen molar-refractivity contribution in [3.63, 3.8) is 0 Å². The first-order valence-electron chi connectivity index (χ1n) is 7.21. The summed E-state index contributed by atoms with van der Waals surface area (Å²) < 4.78 is 5.63. The van der Waals surface area contributed by atoms with Gasteiger partial charge in [0.05, 0.1) is 12.2 Å². The van der Waals surface area contributed by atoms with Crippen molar-refractivity contribution in [3.05, 3.63) is 65.3 Å². The van der Waals surface area contributed by atoms with Crippen molar-refractivity contribution < 1.29 is 4.42 Å². The quantitative estimate of drug-likeness (QED) is 0.756. The van der Waals surface area contributed by atoms with Crippen molar-refractivity contribution in [1.29, 1.82) is 0 Å². The molecule has 106 valence electrons. The summed E-state index contributed by atoms with van der Waals surface area (Å²) in [5, 5.41) is 3.54. The molecule has 0 saturated heterocycles. The van der Waals surface area contributed by atoms with Crippen LogP contribution in [-0.2, 0) is 13.0 Å². The van der Waals surface area contributed by atoms with Crippen molar-refractivity contribution in [2.45, 2.75) is 25.9 Å². The van der Waals surface area contributed by atoms with Crippen molar-refractivity contribution in [1.82, 2.24) is 15.3 Å². The predicted molar refractivity (Wildman–Crippen MR) is 80.8 cm³/mol. The van der Waals surface area contributed by atoms with Crippen LogP contribution in [0.25, 0.3) is 11.5 Å². The minimum Gasteiger partial charge on any atom is -0.460 e. The van der Waals surface area contributed by atoms with E-state index in [-0.39, 0.29) is 6.04 Å². The molecular weight excluding hydrogens is 262 g/mol. The summed E-state index contributed by atoms with van der Waals surface area (Å²) in [6.45, 7) is 2.83. The molecular formula is C17H17N3O. The van der Waals surface area contributed by atoms with E-state index in [0.29, 0.717) is 0 Å². The minimum absolute atomic E-state index is 0.227. The van der Waals surface area contributed by atoms with Crippen LogP contribution in [0, 0.1) is 6.92 Å². The van der Waals surface area contributed by atoms with Crippen LogP contribution >= 0.6 is 0 Å². The van der Waals surface area contributed by atoms with E-state index in [1.54, 1.807) is 0 Å². The number of furan rings is 1. The number of benzene rings is 1. The lowest BCUT2D eigenvalue weighted by Crippen LogP contribution is -2.29. The fraction of sp³-hybridized carbons (Fsp3) is 0.235. The van der Waals surface area contributed by atoms with Gasteiger partial charge in [-0.15, -0.1) is 0 Å². The molecule has 0 amide bonds. The largest absolute Gasteiger partial charge is 0.460 e. The van der Waals surface area contributed by atoms with Gasteiger partial charge >= 0.3 is 0 Å². The molecule has 2 N–H and O–H groups in total. The van der Waals surface area contributed by atoms with Crippen molar-refractivity contribution >= 4 is 0 Å². The van der Waals surface area contributed by atoms with Gasteiger partial charge in [-0.1, -0.05) is 24.3 Å². The average molecular weight is 279 g/mol. The lowest BCUT2D eigenvalue weighted by atomic mass is 9.96. The summed E-state index contributed by atoms with van der Waals surface area (Å²) in [5.74, 6) is 2.71. The van der Waals surface area contributed by atoms with Crippen LogP contribution in [0.3, 0.4) is 0 Å². The zero-order valence-corrected chi connectivity index (χ0v) is 11.9. The van der Waals surface area contributed by atoms with E-state index in [2.05, 4.69) is 39.6 Å². The van der Waals surface area contributed by atoms with Crippen LogP contribution in [0.2, 0.25) is 0 Å². The number of rotatable bonds is 2. The van der Waals surface area contributed by atoms with Gasteiger partial charge in [-0.05, 0) is 36.6 Å². The highest BCUT2D eigenvalue weighted by Crippen LogP contribution is 2.26. The summed E-state index contributed by atoms with van der Waals surface area (Å²) in [4.78, 5) is 7.90. The summed E-state index contributed by atoms with van der Waals surface area (Å²) in [5.41, 5.74) is 3.70. The summed E-state index contributed by atoms with van der Waals surface area (Å²) in [7, 11) is 0. The smallest absolute Gasteiger partial charge is 0.152 e. The Balaban J connectivity index is 1.60. The Labute approximate surface area is 123 Å². The molecule has 0 fully saturated rings. The van der Waals surface area contributed by atoms with Gasteiger partial charge in [-0.25, -0.2) is 4.98 Å². The van der Waals surface area contributed by atoms with Gasteiger partial charge in [0, 0.05) is 6.54 Å². The molecule has 4 heteroatoms. The molecule has 0 spiro atoms. The monoisotopic (exact) mass is 279 g/mol. The number of imidazole rings is 1. The normalized spacial score (nSPS) is 17.7. The molecule has 21 heavy (non-hydrogen) atoms. The van der Waals surface area contributed by atoms with E-state index in [1.807, 2.05) is 25.3 Å². The Hall–Kier alpha value is -2.33. The van der Waals surface area contributed by atoms with E-state index in [0.717, 1.165) is 36.0 Å². The maximum Gasteiger partial charge on any atom is 0.152 e. The van der Waals surface area contributed by atoms with Crippen LogP contribution < -0.4 is 5.32 Å². The average Bonchev–Trinajstić information content (AvgIpc) is 3.15. The first kappa shape index (κ1) is 12.4. The summed E-state index contributed by atoms with van der Waals surface area (Å²) in [6, 6.07) is 12.7. The highest BCUT2D eigenvalue weighted by molar-refractivity contribution is 5.51. The van der Waals surface area contributed by atoms with E-state index in [9.17, 15) is 0 Å². The van der Waals surface area contributed by atoms with Crippen LogP contribution in [0.15, 0.2) is 47.0 Å². The van der Waals surface area contributed by atoms with Gasteiger partial charge in [0.25, 0.3) is 0 Å². The molecule has 1 aliphatic rings. The third-order valence-corrected chi connectivity index (χ3v) is 4.01. The molecule has 1 aromatic carbocycles. The number of aryl methyl sites for hydroxylation is 1. The first-order chi connectivity index (χ1) is 10.3. The van der Waals surface area contributed by atoms with Crippen LogP contribution in [0.5, 0.6) is 0 Å². The van der Waals surface area contributed by atoms with E-state index >= 15 is 0 Å². The van der Waals surface area contributed by atoms with Gasteiger partial charge in [0.2, 0.25) is 0 Å². The Morgan fingerprint density at radius 3 is 2.81 bits per heavy atom. The fourth-order valence-electron chi connectivity index (χ4n) is 2.87. The lowest BCUT2D eigenvalue weighted by molar-refractivity contribution is 0.479. The van der Waals surface area contributed by atoms with Gasteiger partial charge in [-0.3, -0.25) is 0 Å². The number of hydrogen-bond acceptors (Lipinski definition) is 3. The summed E-state index contributed by atoms with van der Waals surface area (Å²) >= 11 is 0. The highest BCUT2D eigenvalue weighted by Gasteiger charge is 2.21. The molecule has 0 radical (unpaired) electrons. The Bertz CT molecular complexity index is 772. The Morgan fingerprint density at radius 1 is 1.14 bits per heavy atom. The van der Waals surface area contributed by atoms with Crippen LogP contribution in [0.1, 0.15) is 28.8 Å². The summed E-state index contributed by atoms with van der Waals surface area (Å²) in [6.07, 6.45) is 2.80. The molecule has 3 aromatic rings. The van der Waals surface area contributed by atoms with Crippen LogP contribution in [-0.4, -0.2) is 9.97 Å². The lowest BCUT2D eigenvalue weighted by Gasteiger charge is -2.24. The Morgan fingerprint density at radius 2 is 2.00 bits per heavy atom. The second kappa shape index (κ2) is 4.90. The predicted octanol–water partition coefficient (Wildman–Crippen LogP) is 3.37. The minimum atomic E-state index is 0.227. The Kier molecular flexibility index (Phi) is 2.89. The number of nitrogens with zero attached hydrogens (tertiary/aromatic N) is 1. The van der Waals surface area contributed by atoms with Gasteiger partial charge < -0.3 is 14.7 Å². The number of nitrogens with one attached hydrogen (secondary N) is 2. The SMILES string of the molecule is Cc1ccc(-c2cnc(C3Cc4ccccc4CN3)[nH]2)o1. The van der Waals surface area contributed by atoms with E-state index in [4.69, 9.17) is 4.42 Å². The number of aromatic nitrogens is 2. The van der Waals surface area contributed by atoms with Crippen LogP contribution in [0.4, 0.5) is 0 Å². The molecule has 0 bridgehead atoms. The van der Waals surface area contributed by atoms with Gasteiger partial charge in [0.1, 0.15) is 17.3 Å².